The molecule has 4 heteroatoms. The monoisotopic (exact) mass is 341 g/mol. The smallest absolute Gasteiger partial charge is 0.221 e. The van der Waals surface area contributed by atoms with Gasteiger partial charge in [-0.2, -0.15) is 0 Å². The van der Waals surface area contributed by atoms with Crippen molar-refractivity contribution in [2.24, 2.45) is 5.73 Å². The van der Waals surface area contributed by atoms with Crippen molar-refractivity contribution in [3.63, 3.8) is 0 Å². The van der Waals surface area contributed by atoms with E-state index in [0.29, 0.717) is 13.0 Å². The Balaban J connectivity index is 3.18. The number of likely N-dealkylation sites (N-methyl/N-ethyl adjacent to an activating group) is 1. The molecule has 1 amide bonds. The van der Waals surface area contributed by atoms with Crippen LogP contribution in [0.2, 0.25) is 0 Å². The van der Waals surface area contributed by atoms with E-state index in [2.05, 4.69) is 17.1 Å². The largest absolute Gasteiger partial charge is 0.356 e. The highest BCUT2D eigenvalue weighted by Crippen LogP contribution is 2.11. The summed E-state index contributed by atoms with van der Waals surface area (Å²) in [6.07, 6.45) is 16.8. The zero-order chi connectivity index (χ0) is 17.9. The van der Waals surface area contributed by atoms with E-state index in [-0.39, 0.29) is 5.91 Å². The SMILES string of the molecule is CCCCCCCCCCCCCCNC(=O)CCN(C)CCN. The number of hydrogen-bond donors (Lipinski definition) is 2. The molecule has 0 bridgehead atoms. The summed E-state index contributed by atoms with van der Waals surface area (Å²) in [5.41, 5.74) is 5.48. The van der Waals surface area contributed by atoms with Crippen molar-refractivity contribution in [3.05, 3.63) is 0 Å². The fraction of sp³-hybridized carbons (Fsp3) is 0.950. The number of hydrogen-bond acceptors (Lipinski definition) is 3. The lowest BCUT2D eigenvalue weighted by Crippen LogP contribution is -2.31. The Labute approximate surface area is 150 Å². The molecule has 0 aliphatic rings. The fourth-order valence-corrected chi connectivity index (χ4v) is 2.91. The van der Waals surface area contributed by atoms with Crippen molar-refractivity contribution >= 4 is 5.91 Å². The first kappa shape index (κ1) is 23.4. The first-order valence-corrected chi connectivity index (χ1v) is 10.4. The number of nitrogens with one attached hydrogen (secondary N) is 1. The topological polar surface area (TPSA) is 58.4 Å². The van der Waals surface area contributed by atoms with E-state index < -0.39 is 0 Å². The van der Waals surface area contributed by atoms with Crippen molar-refractivity contribution in [3.8, 4) is 0 Å². The van der Waals surface area contributed by atoms with E-state index in [0.717, 1.165) is 26.1 Å². The van der Waals surface area contributed by atoms with Gasteiger partial charge in [0.1, 0.15) is 0 Å². The van der Waals surface area contributed by atoms with Gasteiger partial charge in [0.05, 0.1) is 0 Å². The maximum absolute atomic E-state index is 11.7. The summed E-state index contributed by atoms with van der Waals surface area (Å²) in [6.45, 7) is 5.40. The molecule has 0 saturated carbocycles. The van der Waals surface area contributed by atoms with Crippen LogP contribution < -0.4 is 11.1 Å². The van der Waals surface area contributed by atoms with Crippen molar-refractivity contribution in [1.29, 1.82) is 0 Å². The Kier molecular flexibility index (Phi) is 18.2. The molecule has 0 aliphatic heterocycles. The fourth-order valence-electron chi connectivity index (χ4n) is 2.91. The first-order chi connectivity index (χ1) is 11.7. The summed E-state index contributed by atoms with van der Waals surface area (Å²) in [7, 11) is 2.01. The van der Waals surface area contributed by atoms with E-state index in [1.54, 1.807) is 0 Å². The number of nitrogens with two attached hydrogens (primary N) is 1. The summed E-state index contributed by atoms with van der Waals surface area (Å²) in [6, 6.07) is 0. The standard InChI is InChI=1S/C20H43N3O/c1-3-4-5-6-7-8-9-10-11-12-13-14-17-22-20(24)15-18-23(2)19-16-21/h3-19,21H2,1-2H3,(H,22,24). The number of rotatable bonds is 18. The number of nitrogens with zero attached hydrogens (tertiary/aromatic N) is 1. The molecule has 144 valence electrons. The molecular formula is C20H43N3O. The third kappa shape index (κ3) is 17.7. The molecule has 0 spiro atoms. The summed E-state index contributed by atoms with van der Waals surface area (Å²) in [4.78, 5) is 13.8. The maximum atomic E-state index is 11.7. The van der Waals surface area contributed by atoms with Crippen LogP contribution in [0.3, 0.4) is 0 Å². The van der Waals surface area contributed by atoms with Gasteiger partial charge in [-0.25, -0.2) is 0 Å². The number of amides is 1. The lowest BCUT2D eigenvalue weighted by atomic mass is 10.1. The van der Waals surface area contributed by atoms with Crippen molar-refractivity contribution < 1.29 is 4.79 Å². The van der Waals surface area contributed by atoms with E-state index in [4.69, 9.17) is 5.73 Å². The average Bonchev–Trinajstić information content (AvgIpc) is 2.57. The molecule has 0 fully saturated rings. The normalized spacial score (nSPS) is 11.2. The minimum Gasteiger partial charge on any atom is -0.356 e. The summed E-state index contributed by atoms with van der Waals surface area (Å²) >= 11 is 0. The van der Waals surface area contributed by atoms with Crippen molar-refractivity contribution in [1.82, 2.24) is 10.2 Å². The predicted octanol–water partition coefficient (Wildman–Crippen LogP) is 4.08. The van der Waals surface area contributed by atoms with Crippen LogP contribution in [0.5, 0.6) is 0 Å². The molecule has 4 nitrogen and oxygen atoms in total. The second-order valence-electron chi connectivity index (χ2n) is 7.08. The average molecular weight is 342 g/mol. The highest BCUT2D eigenvalue weighted by Gasteiger charge is 2.03. The predicted molar refractivity (Wildman–Crippen MR) is 105 cm³/mol. The molecule has 0 atom stereocenters. The Bertz CT molecular complexity index is 272. The third-order valence-electron chi connectivity index (χ3n) is 4.58. The zero-order valence-corrected chi connectivity index (χ0v) is 16.5. The molecule has 0 radical (unpaired) electrons. The lowest BCUT2D eigenvalue weighted by molar-refractivity contribution is -0.121. The molecule has 0 aromatic heterocycles. The molecular weight excluding hydrogens is 298 g/mol. The van der Waals surface area contributed by atoms with Crippen molar-refractivity contribution in [2.45, 2.75) is 90.4 Å². The Morgan fingerprint density at radius 1 is 0.833 bits per heavy atom. The van der Waals surface area contributed by atoms with Gasteiger partial charge in [0.25, 0.3) is 0 Å². The van der Waals surface area contributed by atoms with Crippen molar-refractivity contribution in [2.75, 3.05) is 33.2 Å². The minimum atomic E-state index is 0.168. The molecule has 0 aromatic rings. The second kappa shape index (κ2) is 18.7. The van der Waals surface area contributed by atoms with Gasteiger partial charge in [0, 0.05) is 32.6 Å². The molecule has 24 heavy (non-hydrogen) atoms. The molecule has 0 aromatic carbocycles. The van der Waals surface area contributed by atoms with Gasteiger partial charge in [-0.1, -0.05) is 77.6 Å². The molecule has 0 heterocycles. The van der Waals surface area contributed by atoms with Crippen LogP contribution in [0.25, 0.3) is 0 Å². The first-order valence-electron chi connectivity index (χ1n) is 10.4. The van der Waals surface area contributed by atoms with Crippen LogP contribution in [0.1, 0.15) is 90.4 Å². The molecule has 0 aliphatic carbocycles. The van der Waals surface area contributed by atoms with E-state index in [9.17, 15) is 4.79 Å². The van der Waals surface area contributed by atoms with Gasteiger partial charge in [-0.05, 0) is 13.5 Å². The summed E-state index contributed by atoms with van der Waals surface area (Å²) in [5, 5.41) is 3.02. The number of carbonyl (C=O) groups is 1. The van der Waals surface area contributed by atoms with E-state index in [1.807, 2.05) is 7.05 Å². The minimum absolute atomic E-state index is 0.168. The number of unbranched alkanes of at least 4 members (excludes halogenated alkanes) is 11. The Morgan fingerprint density at radius 2 is 1.33 bits per heavy atom. The summed E-state index contributed by atoms with van der Waals surface area (Å²) < 4.78 is 0. The van der Waals surface area contributed by atoms with Gasteiger partial charge in [0.2, 0.25) is 5.91 Å². The molecule has 3 N–H and O–H groups in total. The molecule has 0 rings (SSSR count). The van der Waals surface area contributed by atoms with Crippen LogP contribution in [0.15, 0.2) is 0 Å². The van der Waals surface area contributed by atoms with Crippen LogP contribution in [-0.4, -0.2) is 44.0 Å². The highest BCUT2D eigenvalue weighted by atomic mass is 16.1. The molecule has 0 unspecified atom stereocenters. The zero-order valence-electron chi connectivity index (χ0n) is 16.5. The van der Waals surface area contributed by atoms with Gasteiger partial charge in [-0.3, -0.25) is 4.79 Å². The lowest BCUT2D eigenvalue weighted by Gasteiger charge is -2.14. The third-order valence-corrected chi connectivity index (χ3v) is 4.58. The van der Waals surface area contributed by atoms with Crippen LogP contribution >= 0.6 is 0 Å². The molecule has 0 saturated heterocycles. The maximum Gasteiger partial charge on any atom is 0.221 e. The highest BCUT2D eigenvalue weighted by molar-refractivity contribution is 5.75. The van der Waals surface area contributed by atoms with E-state index in [1.165, 1.54) is 70.6 Å². The van der Waals surface area contributed by atoms with Gasteiger partial charge in [-0.15, -0.1) is 0 Å². The van der Waals surface area contributed by atoms with Crippen LogP contribution in [-0.2, 0) is 4.79 Å². The number of carbonyl (C=O) groups excluding carboxylic acids is 1. The second-order valence-corrected chi connectivity index (χ2v) is 7.08. The van der Waals surface area contributed by atoms with E-state index >= 15 is 0 Å². The van der Waals surface area contributed by atoms with Gasteiger partial charge < -0.3 is 16.0 Å². The quantitative estimate of drug-likeness (QED) is 0.369. The summed E-state index contributed by atoms with van der Waals surface area (Å²) in [5.74, 6) is 0.168. The Morgan fingerprint density at radius 3 is 1.83 bits per heavy atom. The van der Waals surface area contributed by atoms with Gasteiger partial charge in [0.15, 0.2) is 0 Å². The van der Waals surface area contributed by atoms with Crippen LogP contribution in [0.4, 0.5) is 0 Å². The van der Waals surface area contributed by atoms with Gasteiger partial charge >= 0.3 is 0 Å². The van der Waals surface area contributed by atoms with Crippen LogP contribution in [0, 0.1) is 0 Å². The Hall–Kier alpha value is -0.610.